The second-order valence-electron chi connectivity index (χ2n) is 3.74. The van der Waals surface area contributed by atoms with Gasteiger partial charge >= 0.3 is 16.5 Å². The Bertz CT molecular complexity index is 744. The molecule has 0 saturated carbocycles. The topological polar surface area (TPSA) is 119 Å². The minimum absolute atomic E-state index is 0.0280. The third-order valence-corrected chi connectivity index (χ3v) is 3.19. The van der Waals surface area contributed by atoms with Crippen LogP contribution in [0.3, 0.4) is 0 Å². The van der Waals surface area contributed by atoms with Crippen molar-refractivity contribution in [3.63, 3.8) is 0 Å². The van der Waals surface area contributed by atoms with Crippen molar-refractivity contribution in [1.82, 2.24) is 4.72 Å². The monoisotopic (exact) mass is 320 g/mol. The molecule has 0 unspecified atom stereocenters. The number of nitrogens with zero attached hydrogens (tertiary/aromatic N) is 1. The lowest BCUT2D eigenvalue weighted by Gasteiger charge is -2.06. The van der Waals surface area contributed by atoms with Crippen molar-refractivity contribution in [2.24, 2.45) is 4.36 Å². The van der Waals surface area contributed by atoms with Gasteiger partial charge < -0.3 is 4.74 Å². The van der Waals surface area contributed by atoms with Crippen LogP contribution in [0.1, 0.15) is 15.9 Å². The first kappa shape index (κ1) is 16.3. The Morgan fingerprint density at radius 2 is 2.05 bits per heavy atom. The Hall–Kier alpha value is -1.78. The van der Waals surface area contributed by atoms with Gasteiger partial charge in [0.25, 0.3) is 0 Å². The maximum Gasteiger partial charge on any atom is 0.340 e. The van der Waals surface area contributed by atoms with Crippen molar-refractivity contribution in [2.75, 3.05) is 13.4 Å². The van der Waals surface area contributed by atoms with E-state index in [0.29, 0.717) is 5.56 Å². The van der Waals surface area contributed by atoms with Gasteiger partial charge in [-0.3, -0.25) is 0 Å². The van der Waals surface area contributed by atoms with Gasteiger partial charge in [-0.1, -0.05) is 6.07 Å². The molecule has 8 nitrogen and oxygen atoms in total. The lowest BCUT2D eigenvalue weighted by Crippen LogP contribution is -2.21. The Morgan fingerprint density at radius 1 is 1.40 bits per heavy atom. The molecule has 1 aromatic rings. The van der Waals surface area contributed by atoms with E-state index in [2.05, 4.69) is 13.8 Å². The van der Waals surface area contributed by atoms with Crippen molar-refractivity contribution < 1.29 is 26.4 Å². The molecule has 0 fully saturated rings. The van der Waals surface area contributed by atoms with Gasteiger partial charge in [0, 0.05) is 6.54 Å². The molecule has 0 bridgehead atoms. The Balaban J connectivity index is 3.21. The second-order valence-corrected chi connectivity index (χ2v) is 6.19. The SMILES string of the molecule is COC(=O)c1ccc(CNS(C)(=O)=O)cc1N=S(=O)=O. The molecule has 0 radical (unpaired) electrons. The van der Waals surface area contributed by atoms with Gasteiger partial charge in [-0.05, 0) is 17.7 Å². The largest absolute Gasteiger partial charge is 0.465 e. The van der Waals surface area contributed by atoms with Crippen molar-refractivity contribution in [1.29, 1.82) is 0 Å². The minimum atomic E-state index is -3.38. The third kappa shape index (κ3) is 5.07. The number of methoxy groups -OCH3 is 1. The number of sulfonamides is 1. The fourth-order valence-corrected chi connectivity index (χ4v) is 2.08. The average molecular weight is 320 g/mol. The zero-order chi connectivity index (χ0) is 15.3. The Labute approximate surface area is 117 Å². The summed E-state index contributed by atoms with van der Waals surface area (Å²) < 4.78 is 53.2. The van der Waals surface area contributed by atoms with Gasteiger partial charge in [0.15, 0.2) is 0 Å². The predicted molar refractivity (Wildman–Crippen MR) is 70.5 cm³/mol. The van der Waals surface area contributed by atoms with Crippen molar-refractivity contribution in [3.05, 3.63) is 29.3 Å². The number of benzene rings is 1. The first-order valence-corrected chi connectivity index (χ1v) is 8.12. The van der Waals surface area contributed by atoms with Gasteiger partial charge in [0.2, 0.25) is 10.0 Å². The molecule has 0 spiro atoms. The van der Waals surface area contributed by atoms with E-state index < -0.39 is 26.5 Å². The first-order valence-electron chi connectivity index (χ1n) is 5.20. The fourth-order valence-electron chi connectivity index (χ4n) is 1.34. The van der Waals surface area contributed by atoms with E-state index in [4.69, 9.17) is 0 Å². The number of rotatable bonds is 5. The van der Waals surface area contributed by atoms with Gasteiger partial charge in [-0.25, -0.2) is 17.9 Å². The lowest BCUT2D eigenvalue weighted by molar-refractivity contribution is 0.0601. The zero-order valence-corrected chi connectivity index (χ0v) is 12.3. The molecular formula is C10H12N2O6S2. The standard InChI is InChI=1S/C10H12N2O6S2/c1-18-10(13)8-4-3-7(6-11-20(2,16)17)5-9(8)12-19(14)15/h3-5,11H,6H2,1-2H3. The molecule has 0 aliphatic heterocycles. The summed E-state index contributed by atoms with van der Waals surface area (Å²) in [4.78, 5) is 11.4. The number of esters is 1. The zero-order valence-electron chi connectivity index (χ0n) is 10.7. The predicted octanol–water partition coefficient (Wildman–Crippen LogP) is 0.217. The summed E-state index contributed by atoms with van der Waals surface area (Å²) in [5.74, 6) is -0.739. The van der Waals surface area contributed by atoms with E-state index in [9.17, 15) is 21.6 Å². The number of ether oxygens (including phenoxy) is 1. The highest BCUT2D eigenvalue weighted by Crippen LogP contribution is 2.22. The summed E-state index contributed by atoms with van der Waals surface area (Å²) in [6, 6.07) is 4.08. The molecule has 20 heavy (non-hydrogen) atoms. The van der Waals surface area contributed by atoms with Crippen molar-refractivity contribution in [3.8, 4) is 0 Å². The normalized spacial score (nSPS) is 10.9. The summed E-state index contributed by atoms with van der Waals surface area (Å²) >= 11 is 0. The minimum Gasteiger partial charge on any atom is -0.465 e. The van der Waals surface area contributed by atoms with Gasteiger partial charge in [0.05, 0.1) is 24.6 Å². The molecule has 0 saturated heterocycles. The molecule has 110 valence electrons. The highest BCUT2D eigenvalue weighted by atomic mass is 32.2. The van der Waals surface area contributed by atoms with Crippen molar-refractivity contribution >= 4 is 32.2 Å². The van der Waals surface area contributed by atoms with E-state index in [1.54, 1.807) is 0 Å². The molecule has 0 aromatic heterocycles. The molecule has 0 atom stereocenters. The van der Waals surface area contributed by atoms with Crippen LogP contribution in [0.25, 0.3) is 0 Å². The summed E-state index contributed by atoms with van der Waals surface area (Å²) in [6.07, 6.45) is 0.994. The van der Waals surface area contributed by atoms with Crippen LogP contribution in [0.4, 0.5) is 5.69 Å². The van der Waals surface area contributed by atoms with Gasteiger partial charge in [0.1, 0.15) is 0 Å². The summed E-state index contributed by atoms with van der Waals surface area (Å²) in [6.45, 7) is -0.0473. The molecule has 0 aliphatic carbocycles. The molecule has 1 aromatic carbocycles. The number of carbonyl (C=O) groups excluding carboxylic acids is 1. The van der Waals surface area contributed by atoms with E-state index in [-0.39, 0.29) is 17.8 Å². The Morgan fingerprint density at radius 3 is 2.55 bits per heavy atom. The highest BCUT2D eigenvalue weighted by molar-refractivity contribution is 7.88. The molecule has 1 N–H and O–H groups in total. The smallest absolute Gasteiger partial charge is 0.340 e. The second kappa shape index (κ2) is 6.59. The van der Waals surface area contributed by atoms with Crippen LogP contribution < -0.4 is 4.72 Å². The number of hydrogen-bond donors (Lipinski definition) is 1. The maximum atomic E-state index is 11.4. The van der Waals surface area contributed by atoms with E-state index >= 15 is 0 Å². The highest BCUT2D eigenvalue weighted by Gasteiger charge is 2.13. The molecule has 10 heteroatoms. The number of carbonyl (C=O) groups is 1. The fraction of sp³-hybridized carbons (Fsp3) is 0.300. The van der Waals surface area contributed by atoms with E-state index in [0.717, 1.165) is 13.4 Å². The molecular weight excluding hydrogens is 308 g/mol. The van der Waals surface area contributed by atoms with Crippen LogP contribution in [-0.2, 0) is 31.8 Å². The van der Waals surface area contributed by atoms with Crippen LogP contribution in [-0.4, -0.2) is 36.2 Å². The van der Waals surface area contributed by atoms with E-state index in [1.807, 2.05) is 0 Å². The lowest BCUT2D eigenvalue weighted by atomic mass is 10.1. The summed E-state index contributed by atoms with van der Waals surface area (Å²) in [5, 5.41) is 0. The third-order valence-electron chi connectivity index (χ3n) is 2.18. The molecule has 1 rings (SSSR count). The van der Waals surface area contributed by atoms with E-state index in [1.165, 1.54) is 18.2 Å². The summed E-state index contributed by atoms with van der Waals surface area (Å²) in [5.41, 5.74) is 0.310. The van der Waals surface area contributed by atoms with Crippen molar-refractivity contribution in [2.45, 2.75) is 6.54 Å². The van der Waals surface area contributed by atoms with Gasteiger partial charge in [-0.15, -0.1) is 4.36 Å². The van der Waals surface area contributed by atoms with Crippen LogP contribution >= 0.6 is 0 Å². The van der Waals surface area contributed by atoms with Gasteiger partial charge in [-0.2, -0.15) is 8.42 Å². The van der Waals surface area contributed by atoms with Crippen LogP contribution in [0.5, 0.6) is 0 Å². The summed E-state index contributed by atoms with van der Waals surface area (Å²) in [7, 11) is -4.98. The first-order chi connectivity index (χ1) is 9.23. The van der Waals surface area contributed by atoms with Crippen LogP contribution in [0, 0.1) is 0 Å². The quantitative estimate of drug-likeness (QED) is 0.775. The maximum absolute atomic E-state index is 11.4. The van der Waals surface area contributed by atoms with Crippen LogP contribution in [0.15, 0.2) is 22.6 Å². The van der Waals surface area contributed by atoms with Crippen LogP contribution in [0.2, 0.25) is 0 Å². The Kier molecular flexibility index (Phi) is 5.36. The number of hydrogen-bond acceptors (Lipinski definition) is 7. The average Bonchev–Trinajstić information content (AvgIpc) is 2.34. The molecule has 0 heterocycles. The molecule has 0 amide bonds. The molecule has 0 aliphatic rings. The number of nitrogens with one attached hydrogen (secondary N) is 1.